The molecule has 3 N–H and O–H groups in total. The minimum Gasteiger partial charge on any atom is -0.507 e. The lowest BCUT2D eigenvalue weighted by Crippen LogP contribution is -2.21. The largest absolute Gasteiger partial charge is 0.507 e. The smallest absolute Gasteiger partial charge is 0.205 e. The summed E-state index contributed by atoms with van der Waals surface area (Å²) < 4.78 is 19.7. The van der Waals surface area contributed by atoms with Crippen LogP contribution >= 0.6 is 0 Å². The number of phenolic OH excluding ortho intramolecular Hbond substituents is 1. The summed E-state index contributed by atoms with van der Waals surface area (Å²) in [4.78, 5) is 0. The highest BCUT2D eigenvalue weighted by molar-refractivity contribution is 5.61. The Hall–Kier alpha value is -3.00. The molecule has 1 unspecified atom stereocenters. The third-order valence-electron chi connectivity index (χ3n) is 3.66. The van der Waals surface area contributed by atoms with Gasteiger partial charge in [0.25, 0.3) is 0 Å². The molecule has 3 rings (SSSR count). The molecule has 1 aliphatic heterocycles. The van der Waals surface area contributed by atoms with Gasteiger partial charge in [0.1, 0.15) is 29.0 Å². The van der Waals surface area contributed by atoms with E-state index < -0.39 is 11.7 Å². The van der Waals surface area contributed by atoms with E-state index in [1.54, 1.807) is 37.3 Å². The Morgan fingerprint density at radius 3 is 2.73 bits per heavy atom. The summed E-state index contributed by atoms with van der Waals surface area (Å²) in [5, 5.41) is 19.7. The van der Waals surface area contributed by atoms with Gasteiger partial charge in [-0.25, -0.2) is 4.39 Å². The molecule has 1 aliphatic rings. The van der Waals surface area contributed by atoms with Gasteiger partial charge in [-0.05, 0) is 30.7 Å². The number of nitrogens with two attached hydrogens (primary N) is 1. The zero-order valence-electron chi connectivity index (χ0n) is 11.8. The van der Waals surface area contributed by atoms with Gasteiger partial charge in [0, 0.05) is 11.1 Å². The highest BCUT2D eigenvalue weighted by atomic mass is 19.1. The molecular formula is C17H13FN2O2. The molecule has 4 nitrogen and oxygen atoms in total. The summed E-state index contributed by atoms with van der Waals surface area (Å²) in [5.74, 6) is -1.06. The van der Waals surface area contributed by atoms with E-state index in [-0.39, 0.29) is 22.8 Å². The van der Waals surface area contributed by atoms with E-state index in [9.17, 15) is 14.8 Å². The van der Waals surface area contributed by atoms with Gasteiger partial charge in [-0.15, -0.1) is 0 Å². The Bertz CT molecular complexity index is 837. The maximum absolute atomic E-state index is 14.2. The van der Waals surface area contributed by atoms with Crippen molar-refractivity contribution in [3.63, 3.8) is 0 Å². The Balaban J connectivity index is 2.33. The van der Waals surface area contributed by atoms with Crippen LogP contribution in [-0.4, -0.2) is 5.11 Å². The first kappa shape index (κ1) is 14.0. The van der Waals surface area contributed by atoms with Crippen LogP contribution in [0.3, 0.4) is 0 Å². The molecule has 0 amide bonds. The number of nitrogens with zero attached hydrogens (tertiary/aromatic N) is 1. The van der Waals surface area contributed by atoms with E-state index in [0.29, 0.717) is 11.3 Å². The average molecular weight is 296 g/mol. The van der Waals surface area contributed by atoms with Gasteiger partial charge in [0.15, 0.2) is 0 Å². The van der Waals surface area contributed by atoms with Crippen molar-refractivity contribution in [1.82, 2.24) is 0 Å². The number of halogens is 1. The molecule has 1 atom stereocenters. The van der Waals surface area contributed by atoms with Crippen LogP contribution in [0.4, 0.5) is 4.39 Å². The van der Waals surface area contributed by atoms with Gasteiger partial charge in [-0.3, -0.25) is 0 Å². The van der Waals surface area contributed by atoms with Crippen molar-refractivity contribution in [3.05, 3.63) is 70.4 Å². The molecule has 0 saturated carbocycles. The standard InChI is InChI=1S/C17H13FN2O2/c1-9-6-13(21)16-14(7-9)22-17(20)11(8-19)15(16)10-4-2-3-5-12(10)18/h2-7,15,21H,20H2,1H3. The van der Waals surface area contributed by atoms with Crippen molar-refractivity contribution in [1.29, 1.82) is 5.26 Å². The number of hydrogen-bond acceptors (Lipinski definition) is 4. The molecule has 22 heavy (non-hydrogen) atoms. The lowest BCUT2D eigenvalue weighted by molar-refractivity contribution is 0.380. The molecule has 0 saturated heterocycles. The monoisotopic (exact) mass is 296 g/mol. The molecule has 0 fully saturated rings. The Morgan fingerprint density at radius 1 is 1.32 bits per heavy atom. The second-order valence-corrected chi connectivity index (χ2v) is 5.14. The maximum Gasteiger partial charge on any atom is 0.205 e. The number of fused-ring (bicyclic) bond motifs is 1. The summed E-state index contributed by atoms with van der Waals surface area (Å²) in [7, 11) is 0. The van der Waals surface area contributed by atoms with Crippen LogP contribution in [0.5, 0.6) is 11.5 Å². The number of allylic oxidation sites excluding steroid dienone is 1. The first-order chi connectivity index (χ1) is 10.5. The highest BCUT2D eigenvalue weighted by Gasteiger charge is 2.34. The van der Waals surface area contributed by atoms with Crippen LogP contribution in [0.15, 0.2) is 47.9 Å². The quantitative estimate of drug-likeness (QED) is 0.847. The fourth-order valence-corrected chi connectivity index (χ4v) is 2.72. The molecule has 1 heterocycles. The second-order valence-electron chi connectivity index (χ2n) is 5.14. The Labute approximate surface area is 126 Å². The molecule has 0 bridgehead atoms. The van der Waals surface area contributed by atoms with Gasteiger partial charge in [-0.1, -0.05) is 18.2 Å². The summed E-state index contributed by atoms with van der Waals surface area (Å²) >= 11 is 0. The third kappa shape index (κ3) is 2.06. The van der Waals surface area contributed by atoms with Crippen LogP contribution in [-0.2, 0) is 0 Å². The highest BCUT2D eigenvalue weighted by Crippen LogP contribution is 2.47. The number of benzene rings is 2. The average Bonchev–Trinajstić information content (AvgIpc) is 2.46. The summed E-state index contributed by atoms with van der Waals surface area (Å²) in [6.07, 6.45) is 0. The fraction of sp³-hybridized carbons (Fsp3) is 0.118. The van der Waals surface area contributed by atoms with Crippen LogP contribution in [0.1, 0.15) is 22.6 Å². The first-order valence-electron chi connectivity index (χ1n) is 6.68. The molecule has 0 aromatic heterocycles. The zero-order chi connectivity index (χ0) is 15.9. The normalized spacial score (nSPS) is 16.7. The van der Waals surface area contributed by atoms with Gasteiger partial charge in [-0.2, -0.15) is 5.26 Å². The van der Waals surface area contributed by atoms with Crippen LogP contribution < -0.4 is 10.5 Å². The maximum atomic E-state index is 14.2. The molecule has 0 radical (unpaired) electrons. The van der Waals surface area contributed by atoms with E-state index in [1.165, 1.54) is 6.07 Å². The first-order valence-corrected chi connectivity index (χ1v) is 6.68. The van der Waals surface area contributed by atoms with E-state index in [4.69, 9.17) is 10.5 Å². The number of phenols is 1. The van der Waals surface area contributed by atoms with E-state index in [1.807, 2.05) is 6.07 Å². The number of nitriles is 1. The number of aromatic hydroxyl groups is 1. The summed E-state index contributed by atoms with van der Waals surface area (Å²) in [6.45, 7) is 1.79. The minimum absolute atomic E-state index is 0.0523. The minimum atomic E-state index is -0.796. The summed E-state index contributed by atoms with van der Waals surface area (Å²) in [6, 6.07) is 11.3. The van der Waals surface area contributed by atoms with E-state index in [0.717, 1.165) is 5.56 Å². The van der Waals surface area contributed by atoms with Crippen LogP contribution in [0.2, 0.25) is 0 Å². The lowest BCUT2D eigenvalue weighted by Gasteiger charge is -2.27. The number of rotatable bonds is 1. The van der Waals surface area contributed by atoms with Gasteiger partial charge < -0.3 is 15.6 Å². The topological polar surface area (TPSA) is 79.3 Å². The van der Waals surface area contributed by atoms with Crippen molar-refractivity contribution in [2.24, 2.45) is 5.73 Å². The lowest BCUT2D eigenvalue weighted by atomic mass is 9.82. The predicted octanol–water partition coefficient (Wildman–Crippen LogP) is 3.06. The SMILES string of the molecule is Cc1cc(O)c2c(c1)OC(N)=C(C#N)C2c1ccccc1F. The van der Waals surface area contributed by atoms with Gasteiger partial charge >= 0.3 is 0 Å². The van der Waals surface area contributed by atoms with Crippen molar-refractivity contribution in [3.8, 4) is 17.6 Å². The fourth-order valence-electron chi connectivity index (χ4n) is 2.72. The van der Waals surface area contributed by atoms with Crippen molar-refractivity contribution >= 4 is 0 Å². The van der Waals surface area contributed by atoms with Crippen LogP contribution in [0.25, 0.3) is 0 Å². The summed E-state index contributed by atoms with van der Waals surface area (Å²) in [5.41, 5.74) is 7.29. The predicted molar refractivity (Wildman–Crippen MR) is 78.5 cm³/mol. The molecular weight excluding hydrogens is 283 g/mol. The molecule has 0 aliphatic carbocycles. The molecule has 2 aromatic rings. The Morgan fingerprint density at radius 2 is 2.05 bits per heavy atom. The molecule has 5 heteroatoms. The third-order valence-corrected chi connectivity index (χ3v) is 3.66. The number of aryl methyl sites for hydroxylation is 1. The molecule has 110 valence electrons. The molecule has 0 spiro atoms. The van der Waals surface area contributed by atoms with Gasteiger partial charge in [0.2, 0.25) is 5.88 Å². The Kier molecular flexibility index (Phi) is 3.22. The van der Waals surface area contributed by atoms with Crippen LogP contribution in [0, 0.1) is 24.1 Å². The van der Waals surface area contributed by atoms with Crippen molar-refractivity contribution in [2.45, 2.75) is 12.8 Å². The van der Waals surface area contributed by atoms with Crippen molar-refractivity contribution < 1.29 is 14.2 Å². The molecule has 2 aromatic carbocycles. The van der Waals surface area contributed by atoms with E-state index in [2.05, 4.69) is 0 Å². The number of hydrogen-bond donors (Lipinski definition) is 2. The second kappa shape index (κ2) is 5.08. The number of ether oxygens (including phenoxy) is 1. The van der Waals surface area contributed by atoms with Crippen molar-refractivity contribution in [2.75, 3.05) is 0 Å². The van der Waals surface area contributed by atoms with E-state index >= 15 is 0 Å². The van der Waals surface area contributed by atoms with Gasteiger partial charge in [0.05, 0.1) is 5.92 Å². The zero-order valence-corrected chi connectivity index (χ0v) is 11.8.